The molecule has 25 heavy (non-hydrogen) atoms. The van der Waals surface area contributed by atoms with Gasteiger partial charge in [-0.1, -0.05) is 48.5 Å². The molecule has 0 N–H and O–H groups in total. The first kappa shape index (κ1) is 17.3. The minimum absolute atomic E-state index is 0.0483. The number of morpholine rings is 1. The van der Waals surface area contributed by atoms with E-state index in [-0.39, 0.29) is 30.3 Å². The smallest absolute Gasteiger partial charge is 0.223 e. The highest BCUT2D eigenvalue weighted by Crippen LogP contribution is 2.25. The standard InChI is InChI=1S/C20H20FNO3/c21-17-9-5-4-8-16(17)19-14-22(12-13-25-19)20(24)11-10-18(23)15-6-2-1-3-7-15/h1-9,19H,10-14H2/t19-/m1/s1. The van der Waals surface area contributed by atoms with Crippen LogP contribution in [-0.2, 0) is 9.53 Å². The summed E-state index contributed by atoms with van der Waals surface area (Å²) in [5, 5.41) is 0. The fraction of sp³-hybridized carbons (Fsp3) is 0.300. The lowest BCUT2D eigenvalue weighted by molar-refractivity contribution is -0.139. The summed E-state index contributed by atoms with van der Waals surface area (Å²) in [5.74, 6) is -0.483. The highest BCUT2D eigenvalue weighted by molar-refractivity contribution is 5.97. The summed E-state index contributed by atoms with van der Waals surface area (Å²) in [6, 6.07) is 15.4. The first-order valence-electron chi connectivity index (χ1n) is 8.37. The number of carbonyl (C=O) groups excluding carboxylic acids is 2. The number of hydrogen-bond donors (Lipinski definition) is 0. The third-order valence-electron chi connectivity index (χ3n) is 4.33. The Morgan fingerprint density at radius 2 is 1.76 bits per heavy atom. The number of amides is 1. The van der Waals surface area contributed by atoms with Crippen molar-refractivity contribution in [3.05, 3.63) is 71.5 Å². The topological polar surface area (TPSA) is 46.6 Å². The fourth-order valence-corrected chi connectivity index (χ4v) is 2.95. The van der Waals surface area contributed by atoms with Crippen LogP contribution < -0.4 is 0 Å². The van der Waals surface area contributed by atoms with Gasteiger partial charge in [0.2, 0.25) is 5.91 Å². The van der Waals surface area contributed by atoms with E-state index in [1.807, 2.05) is 6.07 Å². The molecule has 2 aromatic rings. The maximum absolute atomic E-state index is 13.9. The third-order valence-corrected chi connectivity index (χ3v) is 4.33. The van der Waals surface area contributed by atoms with Gasteiger partial charge in [0.15, 0.2) is 5.78 Å². The molecule has 1 saturated heterocycles. The molecule has 0 aliphatic carbocycles. The van der Waals surface area contributed by atoms with Gasteiger partial charge in [0.1, 0.15) is 11.9 Å². The fourth-order valence-electron chi connectivity index (χ4n) is 2.95. The summed E-state index contributed by atoms with van der Waals surface area (Å²) in [5.41, 5.74) is 1.07. The van der Waals surface area contributed by atoms with Crippen molar-refractivity contribution in [2.75, 3.05) is 19.7 Å². The number of Topliss-reactive ketones (excluding diaryl/α,β-unsaturated/α-hetero) is 1. The second kappa shape index (κ2) is 8.03. The molecule has 0 aromatic heterocycles. The van der Waals surface area contributed by atoms with Gasteiger partial charge in [0.25, 0.3) is 0 Å². The third kappa shape index (κ3) is 4.31. The first-order chi connectivity index (χ1) is 12.1. The van der Waals surface area contributed by atoms with E-state index in [0.29, 0.717) is 30.8 Å². The van der Waals surface area contributed by atoms with E-state index < -0.39 is 6.10 Å². The normalized spacial score (nSPS) is 17.3. The number of carbonyl (C=O) groups is 2. The molecule has 0 saturated carbocycles. The molecule has 130 valence electrons. The van der Waals surface area contributed by atoms with Crippen molar-refractivity contribution in [3.63, 3.8) is 0 Å². The lowest BCUT2D eigenvalue weighted by Crippen LogP contribution is -2.42. The van der Waals surface area contributed by atoms with Crippen LogP contribution in [0.2, 0.25) is 0 Å². The van der Waals surface area contributed by atoms with Crippen LogP contribution in [0.4, 0.5) is 4.39 Å². The van der Waals surface area contributed by atoms with Crippen molar-refractivity contribution >= 4 is 11.7 Å². The monoisotopic (exact) mass is 341 g/mol. The lowest BCUT2D eigenvalue weighted by atomic mass is 10.0. The van der Waals surface area contributed by atoms with Gasteiger partial charge in [-0.2, -0.15) is 0 Å². The van der Waals surface area contributed by atoms with Gasteiger partial charge in [-0.15, -0.1) is 0 Å². The van der Waals surface area contributed by atoms with Crippen molar-refractivity contribution in [2.45, 2.75) is 18.9 Å². The summed E-state index contributed by atoms with van der Waals surface area (Å²) < 4.78 is 19.5. The van der Waals surface area contributed by atoms with Crippen LogP contribution in [-0.4, -0.2) is 36.3 Å². The van der Waals surface area contributed by atoms with Gasteiger partial charge in [-0.25, -0.2) is 4.39 Å². The number of rotatable bonds is 5. The molecule has 3 rings (SSSR count). The average Bonchev–Trinajstić information content (AvgIpc) is 2.67. The molecule has 1 aliphatic rings. The zero-order valence-corrected chi connectivity index (χ0v) is 13.9. The van der Waals surface area contributed by atoms with E-state index in [4.69, 9.17) is 4.74 Å². The van der Waals surface area contributed by atoms with E-state index in [9.17, 15) is 14.0 Å². The van der Waals surface area contributed by atoms with E-state index >= 15 is 0 Å². The Balaban J connectivity index is 1.57. The predicted molar refractivity (Wildman–Crippen MR) is 91.7 cm³/mol. The number of ether oxygens (including phenoxy) is 1. The Kier molecular flexibility index (Phi) is 5.56. The summed E-state index contributed by atoms with van der Waals surface area (Å²) in [6.45, 7) is 1.12. The molecule has 1 atom stereocenters. The number of hydrogen-bond acceptors (Lipinski definition) is 3. The Labute approximate surface area is 146 Å². The average molecular weight is 341 g/mol. The molecule has 1 amide bonds. The van der Waals surface area contributed by atoms with Crippen molar-refractivity contribution in [1.82, 2.24) is 4.90 Å². The highest BCUT2D eigenvalue weighted by atomic mass is 19.1. The van der Waals surface area contributed by atoms with E-state index in [2.05, 4.69) is 0 Å². The summed E-state index contributed by atoms with van der Waals surface area (Å²) in [4.78, 5) is 26.2. The molecular formula is C20H20FNO3. The maximum atomic E-state index is 13.9. The number of halogens is 1. The summed E-state index contributed by atoms with van der Waals surface area (Å²) in [7, 11) is 0. The molecule has 4 nitrogen and oxygen atoms in total. The van der Waals surface area contributed by atoms with Crippen molar-refractivity contribution < 1.29 is 18.7 Å². The van der Waals surface area contributed by atoms with Gasteiger partial charge in [0, 0.05) is 30.5 Å². The Morgan fingerprint density at radius 3 is 2.52 bits per heavy atom. The molecule has 0 spiro atoms. The van der Waals surface area contributed by atoms with Crippen LogP contribution in [0.15, 0.2) is 54.6 Å². The van der Waals surface area contributed by atoms with Crippen molar-refractivity contribution in [1.29, 1.82) is 0 Å². The number of ketones is 1. The minimum atomic E-state index is -0.469. The van der Waals surface area contributed by atoms with Crippen LogP contribution in [0, 0.1) is 5.82 Å². The number of benzene rings is 2. The van der Waals surface area contributed by atoms with Crippen molar-refractivity contribution in [2.24, 2.45) is 0 Å². The second-order valence-electron chi connectivity index (χ2n) is 6.01. The maximum Gasteiger partial charge on any atom is 0.223 e. The van der Waals surface area contributed by atoms with Crippen LogP contribution >= 0.6 is 0 Å². The lowest BCUT2D eigenvalue weighted by Gasteiger charge is -2.33. The van der Waals surface area contributed by atoms with Crippen molar-refractivity contribution in [3.8, 4) is 0 Å². The van der Waals surface area contributed by atoms with E-state index in [0.717, 1.165) is 0 Å². The minimum Gasteiger partial charge on any atom is -0.370 e. The molecule has 0 radical (unpaired) electrons. The first-order valence-corrected chi connectivity index (χ1v) is 8.37. The van der Waals surface area contributed by atoms with E-state index in [1.54, 1.807) is 47.4 Å². The second-order valence-corrected chi connectivity index (χ2v) is 6.01. The molecule has 2 aromatic carbocycles. The van der Waals surface area contributed by atoms with Crippen LogP contribution in [0.25, 0.3) is 0 Å². The molecular weight excluding hydrogens is 321 g/mol. The van der Waals surface area contributed by atoms with Crippen LogP contribution in [0.3, 0.4) is 0 Å². The highest BCUT2D eigenvalue weighted by Gasteiger charge is 2.27. The molecule has 1 fully saturated rings. The predicted octanol–water partition coefficient (Wildman–Crippen LogP) is 3.39. The van der Waals surface area contributed by atoms with Crippen LogP contribution in [0.1, 0.15) is 34.9 Å². The van der Waals surface area contributed by atoms with E-state index in [1.165, 1.54) is 6.07 Å². The zero-order chi connectivity index (χ0) is 17.6. The molecule has 1 heterocycles. The molecule has 0 unspecified atom stereocenters. The van der Waals surface area contributed by atoms with Crippen LogP contribution in [0.5, 0.6) is 0 Å². The Hall–Kier alpha value is -2.53. The zero-order valence-electron chi connectivity index (χ0n) is 13.9. The molecule has 0 bridgehead atoms. The van der Waals surface area contributed by atoms with Gasteiger partial charge >= 0.3 is 0 Å². The van der Waals surface area contributed by atoms with Gasteiger partial charge in [-0.3, -0.25) is 9.59 Å². The Morgan fingerprint density at radius 1 is 1.04 bits per heavy atom. The van der Waals surface area contributed by atoms with Gasteiger partial charge in [-0.05, 0) is 6.07 Å². The van der Waals surface area contributed by atoms with Gasteiger partial charge in [0.05, 0.1) is 13.2 Å². The van der Waals surface area contributed by atoms with Gasteiger partial charge < -0.3 is 9.64 Å². The SMILES string of the molecule is O=C(CCC(=O)N1CCO[C@@H](c2ccccc2F)C1)c1ccccc1. The molecule has 1 aliphatic heterocycles. The quantitative estimate of drug-likeness (QED) is 0.783. The number of nitrogens with zero attached hydrogens (tertiary/aromatic N) is 1. The largest absolute Gasteiger partial charge is 0.370 e. The Bertz CT molecular complexity index is 748. The summed E-state index contributed by atoms with van der Waals surface area (Å²) in [6.07, 6.45) is -0.147. The summed E-state index contributed by atoms with van der Waals surface area (Å²) >= 11 is 0. The molecule has 5 heteroatoms.